The molecule has 6 rings (SSSR count). The number of para-hydroxylation sites is 1. The van der Waals surface area contributed by atoms with E-state index in [4.69, 9.17) is 4.74 Å². The molecule has 2 heterocycles. The number of aromatic nitrogens is 4. The quantitative estimate of drug-likeness (QED) is 0.323. The largest absolute Gasteiger partial charge is 0.496 e. The van der Waals surface area contributed by atoms with Crippen molar-refractivity contribution in [3.63, 3.8) is 0 Å². The van der Waals surface area contributed by atoms with Gasteiger partial charge in [-0.05, 0) is 66.1 Å². The van der Waals surface area contributed by atoms with Crippen LogP contribution < -0.4 is 15.0 Å². The number of methoxy groups -OCH3 is 1. The van der Waals surface area contributed by atoms with Crippen molar-refractivity contribution >= 4 is 39.6 Å². The van der Waals surface area contributed by atoms with Gasteiger partial charge in [0.15, 0.2) is 5.82 Å². The average Bonchev–Trinajstić information content (AvgIpc) is 3.41. The van der Waals surface area contributed by atoms with Crippen molar-refractivity contribution in [2.75, 3.05) is 17.3 Å². The Morgan fingerprint density at radius 1 is 0.872 bits per heavy atom. The number of benzene rings is 4. The number of nitrogens with zero attached hydrogens (tertiary/aromatic N) is 5. The summed E-state index contributed by atoms with van der Waals surface area (Å²) >= 11 is 0. The molecule has 194 valence electrons. The van der Waals surface area contributed by atoms with Gasteiger partial charge in [0, 0.05) is 16.6 Å². The van der Waals surface area contributed by atoms with Gasteiger partial charge in [-0.3, -0.25) is 14.5 Å². The van der Waals surface area contributed by atoms with E-state index in [1.54, 1.807) is 16.7 Å². The van der Waals surface area contributed by atoms with Crippen molar-refractivity contribution in [1.29, 1.82) is 0 Å². The van der Waals surface area contributed by atoms with Crippen LogP contribution in [0.2, 0.25) is 0 Å². The molecule has 4 aromatic carbocycles. The van der Waals surface area contributed by atoms with E-state index in [1.807, 2.05) is 98.8 Å². The number of carbonyl (C=O) groups excluding carboxylic acids is 2. The van der Waals surface area contributed by atoms with Gasteiger partial charge in [0.2, 0.25) is 11.8 Å². The van der Waals surface area contributed by atoms with Gasteiger partial charge < -0.3 is 10.1 Å². The maximum Gasteiger partial charge on any atom is 0.241 e. The zero-order valence-electron chi connectivity index (χ0n) is 21.8. The number of amides is 2. The summed E-state index contributed by atoms with van der Waals surface area (Å²) in [6, 6.07) is 26.8. The maximum atomic E-state index is 13.3. The van der Waals surface area contributed by atoms with Crippen molar-refractivity contribution in [3.8, 4) is 11.4 Å². The summed E-state index contributed by atoms with van der Waals surface area (Å²) in [5.41, 5.74) is 3.00. The van der Waals surface area contributed by atoms with Gasteiger partial charge >= 0.3 is 0 Å². The van der Waals surface area contributed by atoms with E-state index in [0.29, 0.717) is 22.9 Å². The van der Waals surface area contributed by atoms with Crippen LogP contribution in [-0.2, 0) is 15.0 Å². The average molecular weight is 519 g/mol. The number of hydrogen-bond acceptors (Lipinski definition) is 6. The van der Waals surface area contributed by atoms with Crippen LogP contribution in [-0.4, -0.2) is 39.1 Å². The molecule has 0 saturated heterocycles. The van der Waals surface area contributed by atoms with Crippen LogP contribution in [0.5, 0.6) is 5.75 Å². The summed E-state index contributed by atoms with van der Waals surface area (Å²) in [6.45, 7) is 4.09. The lowest BCUT2D eigenvalue weighted by atomic mass is 9.83. The first-order valence-corrected chi connectivity index (χ1v) is 12.6. The molecule has 1 aliphatic heterocycles. The van der Waals surface area contributed by atoms with Crippen LogP contribution in [0, 0.1) is 0 Å². The number of ether oxygens (including phenoxy) is 1. The Morgan fingerprint density at radius 3 is 2.38 bits per heavy atom. The van der Waals surface area contributed by atoms with Crippen LogP contribution in [0.1, 0.15) is 31.7 Å². The number of fused-ring (bicyclic) bond motifs is 3. The summed E-state index contributed by atoms with van der Waals surface area (Å²) in [5, 5.41) is 17.4. The van der Waals surface area contributed by atoms with E-state index < -0.39 is 5.41 Å². The first-order chi connectivity index (χ1) is 18.9. The molecule has 0 fully saturated rings. The highest BCUT2D eigenvalue weighted by molar-refractivity contribution is 6.21. The van der Waals surface area contributed by atoms with Crippen molar-refractivity contribution in [2.45, 2.75) is 25.7 Å². The highest BCUT2D eigenvalue weighted by Gasteiger charge is 2.33. The van der Waals surface area contributed by atoms with Gasteiger partial charge in [-0.1, -0.05) is 48.5 Å². The number of anilines is 3. The molecule has 0 saturated carbocycles. The van der Waals surface area contributed by atoms with Crippen LogP contribution >= 0.6 is 0 Å². The van der Waals surface area contributed by atoms with Crippen molar-refractivity contribution < 1.29 is 14.3 Å². The third-order valence-corrected chi connectivity index (χ3v) is 7.13. The molecule has 9 nitrogen and oxygen atoms in total. The predicted molar refractivity (Wildman–Crippen MR) is 149 cm³/mol. The van der Waals surface area contributed by atoms with E-state index in [0.717, 1.165) is 27.8 Å². The van der Waals surface area contributed by atoms with E-state index in [-0.39, 0.29) is 18.2 Å². The number of nitrogens with one attached hydrogen (secondary N) is 1. The lowest BCUT2D eigenvalue weighted by molar-refractivity contribution is -0.124. The van der Waals surface area contributed by atoms with Gasteiger partial charge in [-0.25, -0.2) is 0 Å². The fraction of sp³-hybridized carbons (Fsp3) is 0.167. The molecule has 1 N–H and O–H groups in total. The summed E-state index contributed by atoms with van der Waals surface area (Å²) in [6.07, 6.45) is -0.255. The van der Waals surface area contributed by atoms with E-state index in [2.05, 4.69) is 20.8 Å². The van der Waals surface area contributed by atoms with E-state index in [1.165, 1.54) is 0 Å². The molecule has 0 unspecified atom stereocenters. The Hall–Kier alpha value is -5.05. The standard InChI is InChI=1S/C30H26N6O3/c1-30(2,23-10-6-7-11-25(23)39-3)29-32-33-34-36(29)21-15-13-20(14-16-21)35-24-17-12-19-8-4-5-9-22(19)28(24)31-26(37)18-27(35)38/h4-17H,18H2,1-3H3,(H,31,37). The molecule has 0 radical (unpaired) electrons. The lowest BCUT2D eigenvalue weighted by Crippen LogP contribution is -2.26. The normalized spacial score (nSPS) is 13.7. The van der Waals surface area contributed by atoms with E-state index >= 15 is 0 Å². The minimum atomic E-state index is -0.568. The van der Waals surface area contributed by atoms with Crippen LogP contribution in [0.15, 0.2) is 84.9 Å². The molecule has 0 atom stereocenters. The van der Waals surface area contributed by atoms with Crippen LogP contribution in [0.3, 0.4) is 0 Å². The minimum Gasteiger partial charge on any atom is -0.496 e. The molecule has 5 aromatic rings. The Kier molecular flexibility index (Phi) is 5.83. The Labute approximate surface area is 225 Å². The van der Waals surface area contributed by atoms with Crippen molar-refractivity contribution in [3.05, 3.63) is 96.3 Å². The summed E-state index contributed by atoms with van der Waals surface area (Å²) in [4.78, 5) is 27.4. The molecule has 1 aliphatic rings. The van der Waals surface area contributed by atoms with Crippen molar-refractivity contribution in [1.82, 2.24) is 20.2 Å². The van der Waals surface area contributed by atoms with Gasteiger partial charge in [-0.2, -0.15) is 4.68 Å². The summed E-state index contributed by atoms with van der Waals surface area (Å²) in [5.74, 6) is 0.738. The highest BCUT2D eigenvalue weighted by atomic mass is 16.5. The van der Waals surface area contributed by atoms with Crippen LogP contribution in [0.4, 0.5) is 17.1 Å². The second kappa shape index (κ2) is 9.36. The van der Waals surface area contributed by atoms with Gasteiger partial charge in [0.05, 0.1) is 29.6 Å². The third kappa shape index (κ3) is 4.08. The molecule has 1 aromatic heterocycles. The van der Waals surface area contributed by atoms with Crippen LogP contribution in [0.25, 0.3) is 16.5 Å². The second-order valence-electron chi connectivity index (χ2n) is 9.89. The molecule has 0 spiro atoms. The second-order valence-corrected chi connectivity index (χ2v) is 9.89. The minimum absolute atomic E-state index is 0.255. The molecule has 9 heteroatoms. The van der Waals surface area contributed by atoms with Crippen molar-refractivity contribution in [2.24, 2.45) is 0 Å². The third-order valence-electron chi connectivity index (χ3n) is 7.13. The fourth-order valence-corrected chi connectivity index (χ4v) is 5.17. The zero-order valence-corrected chi connectivity index (χ0v) is 21.8. The van der Waals surface area contributed by atoms with E-state index in [9.17, 15) is 9.59 Å². The van der Waals surface area contributed by atoms with Gasteiger partial charge in [-0.15, -0.1) is 5.10 Å². The molecular weight excluding hydrogens is 492 g/mol. The Bertz CT molecular complexity index is 1720. The van der Waals surface area contributed by atoms with Gasteiger partial charge in [0.1, 0.15) is 12.2 Å². The molecule has 0 bridgehead atoms. The Balaban J connectivity index is 1.40. The molecule has 0 aliphatic carbocycles. The topological polar surface area (TPSA) is 102 Å². The zero-order chi connectivity index (χ0) is 27.1. The number of tetrazole rings is 1. The SMILES string of the molecule is COc1ccccc1C(C)(C)c1nnnn1-c1ccc(N2C(=O)CC(=O)Nc3c2ccc2ccccc32)cc1. The molecular formula is C30H26N6O3. The highest BCUT2D eigenvalue weighted by Crippen LogP contribution is 2.41. The molecule has 39 heavy (non-hydrogen) atoms. The first kappa shape index (κ1) is 24.3. The molecule has 2 amide bonds. The smallest absolute Gasteiger partial charge is 0.241 e. The summed E-state index contributed by atoms with van der Waals surface area (Å²) < 4.78 is 7.28. The van der Waals surface area contributed by atoms with Gasteiger partial charge in [0.25, 0.3) is 0 Å². The predicted octanol–water partition coefficient (Wildman–Crippen LogP) is 5.16. The number of carbonyl (C=O) groups is 2. The number of rotatable bonds is 5. The fourth-order valence-electron chi connectivity index (χ4n) is 5.17. The maximum absolute atomic E-state index is 13.3. The summed E-state index contributed by atoms with van der Waals surface area (Å²) in [7, 11) is 1.64. The monoisotopic (exact) mass is 518 g/mol. The Morgan fingerprint density at radius 2 is 1.59 bits per heavy atom. The number of hydrogen-bond donors (Lipinski definition) is 1. The first-order valence-electron chi connectivity index (χ1n) is 12.6. The lowest BCUT2D eigenvalue weighted by Gasteiger charge is -2.26.